The second-order valence-corrected chi connectivity index (χ2v) is 7.43. The average Bonchev–Trinajstić information content (AvgIpc) is 2.25. The quantitative estimate of drug-likeness (QED) is 0.906. The van der Waals surface area contributed by atoms with E-state index in [1.165, 1.54) is 0 Å². The van der Waals surface area contributed by atoms with E-state index in [1.807, 2.05) is 27.7 Å². The van der Waals surface area contributed by atoms with E-state index in [2.05, 4.69) is 6.07 Å². The fraction of sp³-hybridized carbons (Fsp3) is 0.533. The zero-order valence-corrected chi connectivity index (χ0v) is 13.3. The maximum absolute atomic E-state index is 12.0. The molecule has 0 unspecified atom stereocenters. The molecule has 0 aliphatic rings. The number of nitriles is 1. The molecule has 2 N–H and O–H groups in total. The molecule has 0 aliphatic carbocycles. The summed E-state index contributed by atoms with van der Waals surface area (Å²) in [5.74, 6) is 0.562. The summed E-state index contributed by atoms with van der Waals surface area (Å²) >= 11 is 0. The first-order valence-corrected chi connectivity index (χ1v) is 8.29. The van der Waals surface area contributed by atoms with E-state index in [1.54, 1.807) is 12.1 Å². The summed E-state index contributed by atoms with van der Waals surface area (Å²) in [6.45, 7) is 8.02. The van der Waals surface area contributed by atoms with E-state index in [0.29, 0.717) is 35.4 Å². The molecular formula is C15H22N2O2S. The van der Waals surface area contributed by atoms with Gasteiger partial charge in [-0.25, -0.2) is 13.6 Å². The Morgan fingerprint density at radius 1 is 1.15 bits per heavy atom. The predicted octanol–water partition coefficient (Wildman–Crippen LogP) is 2.60. The zero-order valence-electron chi connectivity index (χ0n) is 12.5. The fourth-order valence-electron chi connectivity index (χ4n) is 2.35. The number of hydrogen-bond donors (Lipinski definition) is 1. The first-order valence-electron chi connectivity index (χ1n) is 6.74. The van der Waals surface area contributed by atoms with Gasteiger partial charge in [0, 0.05) is 0 Å². The fourth-order valence-corrected chi connectivity index (χ4v) is 3.40. The summed E-state index contributed by atoms with van der Waals surface area (Å²) in [6.07, 6.45) is 1.16. The van der Waals surface area contributed by atoms with Crippen LogP contribution in [0.2, 0.25) is 0 Å². The highest BCUT2D eigenvalue weighted by Crippen LogP contribution is 2.27. The van der Waals surface area contributed by atoms with Crippen molar-refractivity contribution >= 4 is 10.0 Å². The maximum atomic E-state index is 12.0. The topological polar surface area (TPSA) is 83.9 Å². The van der Waals surface area contributed by atoms with Gasteiger partial charge in [0.05, 0.1) is 16.5 Å². The zero-order chi connectivity index (χ0) is 15.5. The molecule has 0 saturated heterocycles. The lowest BCUT2D eigenvalue weighted by Crippen LogP contribution is -2.19. The van der Waals surface area contributed by atoms with Crippen LogP contribution < -0.4 is 5.14 Å². The Bertz CT molecular complexity index is 626. The van der Waals surface area contributed by atoms with Gasteiger partial charge in [-0.2, -0.15) is 5.26 Å². The normalized spacial score (nSPS) is 11.9. The van der Waals surface area contributed by atoms with Crippen LogP contribution in [0.3, 0.4) is 0 Å². The van der Waals surface area contributed by atoms with E-state index >= 15 is 0 Å². The van der Waals surface area contributed by atoms with Crippen molar-refractivity contribution in [2.24, 2.45) is 17.0 Å². The molecule has 1 aromatic carbocycles. The minimum absolute atomic E-state index is 0.152. The molecule has 1 aromatic rings. The van der Waals surface area contributed by atoms with Crippen molar-refractivity contribution in [3.63, 3.8) is 0 Å². The molecule has 0 radical (unpaired) electrons. The Kier molecular flexibility index (Phi) is 5.32. The molecule has 0 heterocycles. The van der Waals surface area contributed by atoms with Crippen molar-refractivity contribution in [3.8, 4) is 6.07 Å². The number of hydrogen-bond acceptors (Lipinski definition) is 3. The van der Waals surface area contributed by atoms with Crippen molar-refractivity contribution in [2.45, 2.75) is 45.4 Å². The molecule has 0 spiro atoms. The molecule has 4 nitrogen and oxygen atoms in total. The minimum Gasteiger partial charge on any atom is -0.225 e. The molecule has 0 aromatic heterocycles. The molecule has 1 rings (SSSR count). The second-order valence-electron chi connectivity index (χ2n) is 5.93. The van der Waals surface area contributed by atoms with Crippen LogP contribution >= 0.6 is 0 Å². The van der Waals surface area contributed by atoms with Crippen molar-refractivity contribution in [3.05, 3.63) is 28.8 Å². The highest BCUT2D eigenvalue weighted by atomic mass is 32.2. The number of rotatable bonds is 5. The van der Waals surface area contributed by atoms with Crippen LogP contribution in [0, 0.1) is 23.2 Å². The summed E-state index contributed by atoms with van der Waals surface area (Å²) in [5.41, 5.74) is 1.66. The van der Waals surface area contributed by atoms with Gasteiger partial charge in [0.25, 0.3) is 0 Å². The van der Waals surface area contributed by atoms with E-state index in [9.17, 15) is 13.7 Å². The van der Waals surface area contributed by atoms with Gasteiger partial charge < -0.3 is 0 Å². The predicted molar refractivity (Wildman–Crippen MR) is 79.6 cm³/mol. The van der Waals surface area contributed by atoms with Gasteiger partial charge >= 0.3 is 0 Å². The number of nitrogens with two attached hydrogens (primary N) is 1. The van der Waals surface area contributed by atoms with E-state index in [0.717, 1.165) is 0 Å². The molecule has 0 atom stereocenters. The lowest BCUT2D eigenvalue weighted by Gasteiger charge is -2.17. The largest absolute Gasteiger partial charge is 0.238 e. The van der Waals surface area contributed by atoms with E-state index < -0.39 is 10.0 Å². The van der Waals surface area contributed by atoms with Crippen molar-refractivity contribution in [1.29, 1.82) is 5.26 Å². The van der Waals surface area contributed by atoms with Crippen LogP contribution in [0.1, 0.15) is 44.4 Å². The molecule has 0 bridgehead atoms. The van der Waals surface area contributed by atoms with Crippen LogP contribution in [0.4, 0.5) is 0 Å². The van der Waals surface area contributed by atoms with Gasteiger partial charge in [0.1, 0.15) is 0 Å². The first kappa shape index (κ1) is 16.7. The van der Waals surface area contributed by atoms with Gasteiger partial charge in [0.15, 0.2) is 0 Å². The molecule has 110 valence electrons. The van der Waals surface area contributed by atoms with Gasteiger partial charge in [-0.1, -0.05) is 33.8 Å². The summed E-state index contributed by atoms with van der Waals surface area (Å²) in [6, 6.07) is 5.48. The number of primary sulfonamides is 1. The highest BCUT2D eigenvalue weighted by Gasteiger charge is 2.23. The molecule has 5 heteroatoms. The van der Waals surface area contributed by atoms with Crippen LogP contribution in [0.5, 0.6) is 0 Å². The Morgan fingerprint density at radius 3 is 2.10 bits per heavy atom. The molecule has 0 aliphatic heterocycles. The summed E-state index contributed by atoms with van der Waals surface area (Å²) in [7, 11) is -3.84. The molecule has 20 heavy (non-hydrogen) atoms. The maximum Gasteiger partial charge on any atom is 0.238 e. The Morgan fingerprint density at radius 2 is 1.70 bits per heavy atom. The lowest BCUT2D eigenvalue weighted by atomic mass is 9.93. The van der Waals surface area contributed by atoms with Crippen LogP contribution in [-0.4, -0.2) is 8.42 Å². The van der Waals surface area contributed by atoms with Crippen molar-refractivity contribution in [2.75, 3.05) is 0 Å². The third-order valence-electron chi connectivity index (χ3n) is 2.99. The minimum atomic E-state index is -3.84. The van der Waals surface area contributed by atoms with E-state index in [4.69, 9.17) is 5.14 Å². The van der Waals surface area contributed by atoms with Crippen molar-refractivity contribution in [1.82, 2.24) is 0 Å². The van der Waals surface area contributed by atoms with Gasteiger partial charge in [-0.15, -0.1) is 0 Å². The lowest BCUT2D eigenvalue weighted by molar-refractivity contribution is 0.584. The van der Waals surface area contributed by atoms with Crippen LogP contribution in [0.15, 0.2) is 17.0 Å². The monoisotopic (exact) mass is 294 g/mol. The third kappa shape index (κ3) is 4.06. The van der Waals surface area contributed by atoms with Crippen LogP contribution in [-0.2, 0) is 22.9 Å². The van der Waals surface area contributed by atoms with Gasteiger partial charge in [-0.05, 0) is 41.9 Å². The summed E-state index contributed by atoms with van der Waals surface area (Å²) < 4.78 is 23.9. The number of sulfonamides is 1. The third-order valence-corrected chi connectivity index (χ3v) is 4.07. The Balaban J connectivity index is 3.62. The SMILES string of the molecule is CC(C)Cc1ccc(C#N)c(CC(C)C)c1S(N)(=O)=O. The molecule has 0 fully saturated rings. The van der Waals surface area contributed by atoms with Crippen molar-refractivity contribution < 1.29 is 8.42 Å². The molecular weight excluding hydrogens is 272 g/mol. The average molecular weight is 294 g/mol. The second kappa shape index (κ2) is 6.38. The highest BCUT2D eigenvalue weighted by molar-refractivity contribution is 7.89. The standard InChI is InChI=1S/C15H22N2O2S/c1-10(2)7-12-5-6-13(9-16)14(8-11(3)4)15(12)20(17,18)19/h5-6,10-11H,7-8H2,1-4H3,(H2,17,18,19). The van der Waals surface area contributed by atoms with Gasteiger partial charge in [-0.3, -0.25) is 0 Å². The molecule has 0 amide bonds. The summed E-state index contributed by atoms with van der Waals surface area (Å²) in [4.78, 5) is 0.152. The summed E-state index contributed by atoms with van der Waals surface area (Å²) in [5, 5.41) is 14.6. The smallest absolute Gasteiger partial charge is 0.225 e. The van der Waals surface area contributed by atoms with Crippen LogP contribution in [0.25, 0.3) is 0 Å². The first-order chi connectivity index (χ1) is 9.16. The van der Waals surface area contributed by atoms with E-state index in [-0.39, 0.29) is 10.8 Å². The number of nitrogens with zero attached hydrogens (tertiary/aromatic N) is 1. The Hall–Kier alpha value is -1.38. The number of benzene rings is 1. The molecule has 0 saturated carbocycles. The van der Waals surface area contributed by atoms with Gasteiger partial charge in [0.2, 0.25) is 10.0 Å². The Labute approximate surface area is 121 Å².